The first-order valence-corrected chi connectivity index (χ1v) is 6.33. The average Bonchev–Trinajstić information content (AvgIpc) is 2.38. The van der Waals surface area contributed by atoms with E-state index in [1.165, 1.54) is 4.90 Å². The van der Waals surface area contributed by atoms with E-state index >= 15 is 0 Å². The monoisotopic (exact) mass is 286 g/mol. The van der Waals surface area contributed by atoms with E-state index in [0.717, 1.165) is 6.07 Å². The van der Waals surface area contributed by atoms with E-state index in [-0.39, 0.29) is 6.61 Å². The number of hydrogen-bond acceptors (Lipinski definition) is 4. The third kappa shape index (κ3) is 3.05. The minimum absolute atomic E-state index is 0.0430. The maximum absolute atomic E-state index is 13.6. The Labute approximate surface area is 115 Å². The number of carbonyl (C=O) groups is 1. The molecule has 1 amide bonds. The molecule has 0 aliphatic carbocycles. The van der Waals surface area contributed by atoms with Crippen LogP contribution in [0.25, 0.3) is 0 Å². The Morgan fingerprint density at radius 1 is 1.20 bits per heavy atom. The highest BCUT2D eigenvalue weighted by Crippen LogP contribution is 2.24. The number of aliphatic hydroxyl groups is 1. The number of nitrogens with zero attached hydrogens (tertiary/aromatic N) is 2. The minimum atomic E-state index is -1.06. The van der Waals surface area contributed by atoms with Crippen molar-refractivity contribution >= 4 is 5.91 Å². The van der Waals surface area contributed by atoms with Gasteiger partial charge in [-0.15, -0.1) is 0 Å². The topological polar surface area (TPSA) is 64.0 Å². The largest absolute Gasteiger partial charge is 0.507 e. The third-order valence-corrected chi connectivity index (χ3v) is 3.32. The first-order valence-electron chi connectivity index (χ1n) is 6.33. The fraction of sp³-hybridized carbons (Fsp3) is 0.462. The molecule has 1 fully saturated rings. The summed E-state index contributed by atoms with van der Waals surface area (Å²) in [7, 11) is 0. The second-order valence-electron chi connectivity index (χ2n) is 4.64. The van der Waals surface area contributed by atoms with E-state index in [4.69, 9.17) is 5.11 Å². The number of aliphatic hydroxyl groups excluding tert-OH is 1. The summed E-state index contributed by atoms with van der Waals surface area (Å²) in [4.78, 5) is 15.5. The van der Waals surface area contributed by atoms with Gasteiger partial charge in [0, 0.05) is 44.9 Å². The van der Waals surface area contributed by atoms with Gasteiger partial charge < -0.3 is 15.1 Å². The zero-order valence-corrected chi connectivity index (χ0v) is 10.9. The van der Waals surface area contributed by atoms with E-state index in [9.17, 15) is 18.7 Å². The van der Waals surface area contributed by atoms with Crippen LogP contribution >= 0.6 is 0 Å². The number of benzene rings is 1. The number of phenols is 1. The van der Waals surface area contributed by atoms with Gasteiger partial charge in [0.2, 0.25) is 0 Å². The highest BCUT2D eigenvalue weighted by molar-refractivity contribution is 5.97. The van der Waals surface area contributed by atoms with Gasteiger partial charge in [-0.3, -0.25) is 9.69 Å². The molecule has 110 valence electrons. The van der Waals surface area contributed by atoms with Crippen molar-refractivity contribution < 1.29 is 23.8 Å². The van der Waals surface area contributed by atoms with Crippen molar-refractivity contribution in [3.63, 3.8) is 0 Å². The van der Waals surface area contributed by atoms with Gasteiger partial charge in [-0.05, 0) is 0 Å². The molecular weight excluding hydrogens is 270 g/mol. The van der Waals surface area contributed by atoms with Crippen LogP contribution in [0.3, 0.4) is 0 Å². The van der Waals surface area contributed by atoms with Crippen molar-refractivity contribution in [2.24, 2.45) is 0 Å². The number of carbonyl (C=O) groups excluding carboxylic acids is 1. The molecule has 0 spiro atoms. The van der Waals surface area contributed by atoms with E-state index in [2.05, 4.69) is 0 Å². The predicted molar refractivity (Wildman–Crippen MR) is 67.5 cm³/mol. The van der Waals surface area contributed by atoms with Crippen LogP contribution in [0, 0.1) is 11.6 Å². The summed E-state index contributed by atoms with van der Waals surface area (Å²) in [6.45, 7) is 2.44. The quantitative estimate of drug-likeness (QED) is 0.845. The molecule has 0 unspecified atom stereocenters. The van der Waals surface area contributed by atoms with Crippen LogP contribution in [0.15, 0.2) is 12.1 Å². The smallest absolute Gasteiger partial charge is 0.260 e. The van der Waals surface area contributed by atoms with E-state index in [1.807, 2.05) is 4.90 Å². The second-order valence-corrected chi connectivity index (χ2v) is 4.64. The van der Waals surface area contributed by atoms with Crippen molar-refractivity contribution in [3.8, 4) is 5.75 Å². The number of halogens is 2. The summed E-state index contributed by atoms with van der Waals surface area (Å²) in [6, 6.07) is 1.30. The van der Waals surface area contributed by atoms with Gasteiger partial charge in [-0.2, -0.15) is 0 Å². The summed E-state index contributed by atoms with van der Waals surface area (Å²) in [5.41, 5.74) is -0.498. The Kier molecular flexibility index (Phi) is 4.51. The Hall–Kier alpha value is -1.73. The van der Waals surface area contributed by atoms with Gasteiger partial charge in [-0.1, -0.05) is 0 Å². The molecule has 2 rings (SSSR count). The Bertz CT molecular complexity index is 479. The molecular formula is C13H16F2N2O3. The fourth-order valence-corrected chi connectivity index (χ4v) is 2.25. The van der Waals surface area contributed by atoms with Crippen LogP contribution in [-0.2, 0) is 0 Å². The SMILES string of the molecule is O=C(c1c(O)cc(F)cc1F)N1CCN(CCO)CC1. The first-order chi connectivity index (χ1) is 9.52. The number of rotatable bonds is 3. The molecule has 20 heavy (non-hydrogen) atoms. The Balaban J connectivity index is 2.10. The lowest BCUT2D eigenvalue weighted by Gasteiger charge is -2.34. The summed E-state index contributed by atoms with van der Waals surface area (Å²) in [6.07, 6.45) is 0. The third-order valence-electron chi connectivity index (χ3n) is 3.32. The van der Waals surface area contributed by atoms with Crippen molar-refractivity contribution in [1.29, 1.82) is 0 Å². The van der Waals surface area contributed by atoms with Crippen LogP contribution in [0.2, 0.25) is 0 Å². The first kappa shape index (κ1) is 14.7. The highest BCUT2D eigenvalue weighted by Gasteiger charge is 2.26. The number of phenolic OH excluding ortho intramolecular Hbond substituents is 1. The van der Waals surface area contributed by atoms with Crippen molar-refractivity contribution in [1.82, 2.24) is 9.80 Å². The second kappa shape index (κ2) is 6.15. The number of piperazine rings is 1. The average molecular weight is 286 g/mol. The molecule has 5 nitrogen and oxygen atoms in total. The zero-order valence-electron chi connectivity index (χ0n) is 10.9. The molecule has 0 bridgehead atoms. The lowest BCUT2D eigenvalue weighted by Crippen LogP contribution is -2.49. The molecule has 0 radical (unpaired) electrons. The molecule has 2 N–H and O–H groups in total. The van der Waals surface area contributed by atoms with E-state index in [0.29, 0.717) is 38.8 Å². The molecule has 1 aromatic carbocycles. The summed E-state index contributed by atoms with van der Waals surface area (Å²) >= 11 is 0. The number of amides is 1. The Morgan fingerprint density at radius 3 is 2.40 bits per heavy atom. The van der Waals surface area contributed by atoms with Crippen molar-refractivity contribution in [2.45, 2.75) is 0 Å². The summed E-state index contributed by atoms with van der Waals surface area (Å²) in [5.74, 6) is -3.33. The maximum atomic E-state index is 13.6. The standard InChI is InChI=1S/C13H16F2N2O3/c14-9-7-10(15)12(11(19)8-9)13(20)17-3-1-16(2-4-17)5-6-18/h7-8,18-19H,1-6H2. The molecule has 1 aromatic rings. The molecule has 1 heterocycles. The lowest BCUT2D eigenvalue weighted by atomic mass is 10.1. The molecule has 1 aliphatic rings. The van der Waals surface area contributed by atoms with Crippen LogP contribution in [-0.4, -0.2) is 65.3 Å². The molecule has 1 aliphatic heterocycles. The van der Waals surface area contributed by atoms with Gasteiger partial charge in [0.25, 0.3) is 5.91 Å². The fourth-order valence-electron chi connectivity index (χ4n) is 2.25. The van der Waals surface area contributed by atoms with Gasteiger partial charge in [0.1, 0.15) is 22.9 Å². The van der Waals surface area contributed by atoms with Gasteiger partial charge in [0.05, 0.1) is 6.61 Å². The Morgan fingerprint density at radius 2 is 1.85 bits per heavy atom. The highest BCUT2D eigenvalue weighted by atomic mass is 19.1. The normalized spacial score (nSPS) is 16.4. The molecule has 7 heteroatoms. The van der Waals surface area contributed by atoms with Gasteiger partial charge >= 0.3 is 0 Å². The van der Waals surface area contributed by atoms with Crippen LogP contribution in [0.1, 0.15) is 10.4 Å². The van der Waals surface area contributed by atoms with E-state index in [1.54, 1.807) is 0 Å². The molecule has 0 saturated carbocycles. The minimum Gasteiger partial charge on any atom is -0.507 e. The predicted octanol–water partition coefficient (Wildman–Crippen LogP) is 0.421. The molecule has 0 atom stereocenters. The lowest BCUT2D eigenvalue weighted by molar-refractivity contribution is 0.0607. The maximum Gasteiger partial charge on any atom is 0.260 e. The van der Waals surface area contributed by atoms with E-state index < -0.39 is 28.9 Å². The van der Waals surface area contributed by atoms with Crippen molar-refractivity contribution in [3.05, 3.63) is 29.3 Å². The number of aromatic hydroxyl groups is 1. The van der Waals surface area contributed by atoms with Crippen LogP contribution in [0.4, 0.5) is 8.78 Å². The molecule has 0 aromatic heterocycles. The summed E-state index contributed by atoms with van der Waals surface area (Å²) < 4.78 is 26.5. The number of β-amino-alcohol motifs (C(OH)–C–C–N with tert-alkyl or cyclic N) is 1. The van der Waals surface area contributed by atoms with Gasteiger partial charge in [0.15, 0.2) is 0 Å². The van der Waals surface area contributed by atoms with Crippen LogP contribution < -0.4 is 0 Å². The number of hydrogen-bond donors (Lipinski definition) is 2. The van der Waals surface area contributed by atoms with Crippen LogP contribution in [0.5, 0.6) is 5.75 Å². The van der Waals surface area contributed by atoms with Crippen molar-refractivity contribution in [2.75, 3.05) is 39.3 Å². The molecule has 1 saturated heterocycles. The summed E-state index contributed by atoms with van der Waals surface area (Å²) in [5, 5.41) is 18.4. The zero-order chi connectivity index (χ0) is 14.7. The van der Waals surface area contributed by atoms with Gasteiger partial charge in [-0.25, -0.2) is 8.78 Å².